The average Bonchev–Trinajstić information content (AvgIpc) is 2.76. The van der Waals surface area contributed by atoms with Crippen LogP contribution in [0, 0.1) is 5.41 Å². The summed E-state index contributed by atoms with van der Waals surface area (Å²) in [6.45, 7) is 7.12. The first kappa shape index (κ1) is 9.44. The third-order valence-corrected chi connectivity index (χ3v) is 3.69. The van der Waals surface area contributed by atoms with Crippen LogP contribution in [0.4, 0.5) is 0 Å². The van der Waals surface area contributed by atoms with Gasteiger partial charge in [0.15, 0.2) is 0 Å². The van der Waals surface area contributed by atoms with Gasteiger partial charge in [-0.15, -0.1) is 0 Å². The van der Waals surface area contributed by atoms with Crippen LogP contribution in [0.1, 0.15) is 19.8 Å². The number of rotatable bonds is 2. The lowest BCUT2D eigenvalue weighted by atomic mass is 9.86. The molecule has 0 aliphatic carbocycles. The van der Waals surface area contributed by atoms with E-state index >= 15 is 0 Å². The zero-order chi connectivity index (χ0) is 9.31. The highest BCUT2D eigenvalue weighted by Crippen LogP contribution is 2.36. The quantitative estimate of drug-likeness (QED) is 0.636. The lowest BCUT2D eigenvalue weighted by Gasteiger charge is -2.26. The van der Waals surface area contributed by atoms with Gasteiger partial charge in [-0.3, -0.25) is 4.90 Å². The van der Waals surface area contributed by atoms with Gasteiger partial charge in [-0.2, -0.15) is 0 Å². The highest BCUT2D eigenvalue weighted by Gasteiger charge is 2.41. The summed E-state index contributed by atoms with van der Waals surface area (Å²) in [6, 6.07) is 0.347. The van der Waals surface area contributed by atoms with E-state index in [1.54, 1.807) is 0 Å². The molecule has 2 rings (SSSR count). The van der Waals surface area contributed by atoms with Crippen LogP contribution in [0.3, 0.4) is 0 Å². The second-order valence-corrected chi connectivity index (χ2v) is 4.68. The second-order valence-electron chi connectivity index (χ2n) is 4.68. The SMILES string of the molecule is CC(CO)N1CCC2(CCNC2)C1. The first-order valence-electron chi connectivity index (χ1n) is 5.31. The summed E-state index contributed by atoms with van der Waals surface area (Å²) in [5.74, 6) is 0. The normalized spacial score (nSPS) is 37.4. The molecule has 76 valence electrons. The van der Waals surface area contributed by atoms with E-state index in [1.807, 2.05) is 0 Å². The molecule has 2 atom stereocenters. The standard InChI is InChI=1S/C10H20N2O/c1-9(6-13)12-5-3-10(8-12)2-4-11-7-10/h9,11,13H,2-8H2,1H3. The minimum atomic E-state index is 0.295. The number of hydrogen-bond acceptors (Lipinski definition) is 3. The topological polar surface area (TPSA) is 35.5 Å². The van der Waals surface area contributed by atoms with Crippen LogP contribution in [0.15, 0.2) is 0 Å². The van der Waals surface area contributed by atoms with E-state index in [2.05, 4.69) is 17.1 Å². The van der Waals surface area contributed by atoms with Crippen LogP contribution in [0.25, 0.3) is 0 Å². The Labute approximate surface area is 80.1 Å². The molecule has 0 amide bonds. The highest BCUT2D eigenvalue weighted by molar-refractivity contribution is 4.96. The number of likely N-dealkylation sites (tertiary alicyclic amines) is 1. The van der Waals surface area contributed by atoms with Gasteiger partial charge in [0.05, 0.1) is 6.61 Å². The molecule has 3 heteroatoms. The molecule has 0 bridgehead atoms. The van der Waals surface area contributed by atoms with E-state index in [0.717, 1.165) is 0 Å². The summed E-state index contributed by atoms with van der Waals surface area (Å²) >= 11 is 0. The molecule has 2 heterocycles. The minimum Gasteiger partial charge on any atom is -0.395 e. The van der Waals surface area contributed by atoms with Crippen molar-refractivity contribution >= 4 is 0 Å². The molecule has 2 N–H and O–H groups in total. The summed E-state index contributed by atoms with van der Waals surface area (Å²) < 4.78 is 0. The zero-order valence-electron chi connectivity index (χ0n) is 8.42. The van der Waals surface area contributed by atoms with Crippen LogP contribution >= 0.6 is 0 Å². The van der Waals surface area contributed by atoms with Crippen molar-refractivity contribution in [2.24, 2.45) is 5.41 Å². The Kier molecular flexibility index (Phi) is 2.58. The fourth-order valence-electron chi connectivity index (χ4n) is 2.61. The van der Waals surface area contributed by atoms with Gasteiger partial charge in [-0.1, -0.05) is 0 Å². The van der Waals surface area contributed by atoms with Gasteiger partial charge < -0.3 is 10.4 Å². The first-order valence-corrected chi connectivity index (χ1v) is 5.31. The summed E-state index contributed by atoms with van der Waals surface area (Å²) in [6.07, 6.45) is 2.63. The van der Waals surface area contributed by atoms with E-state index in [4.69, 9.17) is 5.11 Å². The maximum atomic E-state index is 9.07. The fraction of sp³-hybridized carbons (Fsp3) is 1.00. The van der Waals surface area contributed by atoms with Crippen LogP contribution in [-0.4, -0.2) is 48.8 Å². The molecule has 13 heavy (non-hydrogen) atoms. The van der Waals surface area contributed by atoms with Crippen molar-refractivity contribution in [3.05, 3.63) is 0 Å². The molecule has 2 fully saturated rings. The Hall–Kier alpha value is -0.120. The lowest BCUT2D eigenvalue weighted by Crippen LogP contribution is -2.36. The Morgan fingerprint density at radius 2 is 2.38 bits per heavy atom. The Morgan fingerprint density at radius 3 is 3.00 bits per heavy atom. The molecule has 2 unspecified atom stereocenters. The Bertz CT molecular complexity index is 178. The molecule has 1 spiro atoms. The molecule has 2 aliphatic heterocycles. The molecular weight excluding hydrogens is 164 g/mol. The van der Waals surface area contributed by atoms with Crippen molar-refractivity contribution in [3.8, 4) is 0 Å². The van der Waals surface area contributed by atoms with E-state index in [9.17, 15) is 0 Å². The van der Waals surface area contributed by atoms with Crippen molar-refractivity contribution in [3.63, 3.8) is 0 Å². The number of nitrogens with zero attached hydrogens (tertiary/aromatic N) is 1. The van der Waals surface area contributed by atoms with Crippen molar-refractivity contribution in [1.29, 1.82) is 0 Å². The third-order valence-electron chi connectivity index (χ3n) is 3.69. The van der Waals surface area contributed by atoms with Gasteiger partial charge in [-0.05, 0) is 38.3 Å². The summed E-state index contributed by atoms with van der Waals surface area (Å²) in [4.78, 5) is 2.42. The van der Waals surface area contributed by atoms with Gasteiger partial charge in [0.1, 0.15) is 0 Å². The Morgan fingerprint density at radius 1 is 1.54 bits per heavy atom. The molecule has 0 radical (unpaired) electrons. The van der Waals surface area contributed by atoms with E-state index in [-0.39, 0.29) is 0 Å². The van der Waals surface area contributed by atoms with Crippen molar-refractivity contribution in [2.75, 3.05) is 32.8 Å². The highest BCUT2D eigenvalue weighted by atomic mass is 16.3. The predicted octanol–water partition coefficient (Wildman–Crippen LogP) is 0.0526. The maximum Gasteiger partial charge on any atom is 0.0584 e. The Balaban J connectivity index is 1.93. The smallest absolute Gasteiger partial charge is 0.0584 e. The maximum absolute atomic E-state index is 9.07. The summed E-state index contributed by atoms with van der Waals surface area (Å²) in [5, 5.41) is 12.5. The predicted molar refractivity (Wildman–Crippen MR) is 52.7 cm³/mol. The van der Waals surface area contributed by atoms with Crippen LogP contribution in [0.2, 0.25) is 0 Å². The minimum absolute atomic E-state index is 0.295. The van der Waals surface area contributed by atoms with Crippen LogP contribution < -0.4 is 5.32 Å². The molecule has 0 aromatic heterocycles. The molecule has 0 aromatic rings. The van der Waals surface area contributed by atoms with Gasteiger partial charge in [0.2, 0.25) is 0 Å². The number of aliphatic hydroxyl groups is 1. The van der Waals surface area contributed by atoms with Crippen molar-refractivity contribution in [1.82, 2.24) is 10.2 Å². The van der Waals surface area contributed by atoms with E-state index < -0.39 is 0 Å². The monoisotopic (exact) mass is 184 g/mol. The van der Waals surface area contributed by atoms with Gasteiger partial charge in [0, 0.05) is 19.1 Å². The van der Waals surface area contributed by atoms with E-state index in [0.29, 0.717) is 18.1 Å². The molecule has 2 saturated heterocycles. The largest absolute Gasteiger partial charge is 0.395 e. The van der Waals surface area contributed by atoms with Gasteiger partial charge in [-0.25, -0.2) is 0 Å². The van der Waals surface area contributed by atoms with E-state index in [1.165, 1.54) is 39.0 Å². The number of aliphatic hydroxyl groups excluding tert-OH is 1. The number of hydrogen-bond donors (Lipinski definition) is 2. The molecule has 0 saturated carbocycles. The molecule has 3 nitrogen and oxygen atoms in total. The van der Waals surface area contributed by atoms with Crippen LogP contribution in [-0.2, 0) is 0 Å². The van der Waals surface area contributed by atoms with Crippen molar-refractivity contribution < 1.29 is 5.11 Å². The summed E-state index contributed by atoms with van der Waals surface area (Å²) in [5.41, 5.74) is 0.545. The zero-order valence-corrected chi connectivity index (χ0v) is 8.42. The molecule has 2 aliphatic rings. The van der Waals surface area contributed by atoms with Gasteiger partial charge >= 0.3 is 0 Å². The fourth-order valence-corrected chi connectivity index (χ4v) is 2.61. The average molecular weight is 184 g/mol. The van der Waals surface area contributed by atoms with Crippen molar-refractivity contribution in [2.45, 2.75) is 25.8 Å². The lowest BCUT2D eigenvalue weighted by molar-refractivity contribution is 0.145. The molecule has 0 aromatic carbocycles. The third kappa shape index (κ3) is 1.73. The first-order chi connectivity index (χ1) is 6.26. The molecular formula is C10H20N2O. The van der Waals surface area contributed by atoms with Gasteiger partial charge in [0.25, 0.3) is 0 Å². The summed E-state index contributed by atoms with van der Waals surface area (Å²) in [7, 11) is 0. The number of nitrogens with one attached hydrogen (secondary N) is 1. The van der Waals surface area contributed by atoms with Crippen LogP contribution in [0.5, 0.6) is 0 Å². The second kappa shape index (κ2) is 3.56.